The van der Waals surface area contributed by atoms with Crippen molar-refractivity contribution < 1.29 is 4.79 Å². The number of pyridine rings is 1. The molecule has 2 heterocycles. The van der Waals surface area contributed by atoms with Gasteiger partial charge in [0.1, 0.15) is 0 Å². The molecule has 5 nitrogen and oxygen atoms in total. The molecule has 2 aliphatic carbocycles. The molecule has 5 heteroatoms. The predicted octanol–water partition coefficient (Wildman–Crippen LogP) is 3.03. The van der Waals surface area contributed by atoms with E-state index >= 15 is 0 Å². The molecule has 2 aromatic rings. The zero-order valence-corrected chi connectivity index (χ0v) is 12.5. The number of nitrogens with zero attached hydrogens (tertiary/aromatic N) is 3. The van der Waals surface area contributed by atoms with E-state index in [1.54, 1.807) is 17.1 Å². The van der Waals surface area contributed by atoms with Gasteiger partial charge in [-0.25, -0.2) is 9.67 Å². The molecule has 2 fully saturated rings. The largest absolute Gasteiger partial charge is 0.324 e. The highest BCUT2D eigenvalue weighted by Gasteiger charge is 2.47. The first-order valence-corrected chi connectivity index (χ1v) is 8.08. The fraction of sp³-hybridized carbons (Fsp3) is 0.471. The predicted molar refractivity (Wildman–Crippen MR) is 83.5 cm³/mol. The highest BCUT2D eigenvalue weighted by atomic mass is 16.2. The second kappa shape index (κ2) is 5.55. The Bertz CT molecular complexity index is 644. The average molecular weight is 296 g/mol. The van der Waals surface area contributed by atoms with Gasteiger partial charge in [0.05, 0.1) is 11.9 Å². The molecule has 2 aliphatic rings. The van der Waals surface area contributed by atoms with Gasteiger partial charge in [0, 0.05) is 18.3 Å². The summed E-state index contributed by atoms with van der Waals surface area (Å²) in [6.45, 7) is 0. The minimum Gasteiger partial charge on any atom is -0.324 e. The van der Waals surface area contributed by atoms with E-state index in [0.29, 0.717) is 5.92 Å². The molecule has 114 valence electrons. The van der Waals surface area contributed by atoms with E-state index in [0.717, 1.165) is 23.8 Å². The quantitative estimate of drug-likeness (QED) is 0.943. The first-order valence-electron chi connectivity index (χ1n) is 8.08. The van der Waals surface area contributed by atoms with Gasteiger partial charge < -0.3 is 5.32 Å². The second-order valence-corrected chi connectivity index (χ2v) is 6.40. The Morgan fingerprint density at radius 3 is 2.82 bits per heavy atom. The Morgan fingerprint density at radius 1 is 1.27 bits per heavy atom. The number of hydrogen-bond donors (Lipinski definition) is 1. The van der Waals surface area contributed by atoms with Gasteiger partial charge >= 0.3 is 0 Å². The summed E-state index contributed by atoms with van der Waals surface area (Å²) in [6.07, 6.45) is 11.6. The third-order valence-electron chi connectivity index (χ3n) is 4.94. The van der Waals surface area contributed by atoms with Crippen LogP contribution in [0.5, 0.6) is 0 Å². The number of carbonyl (C=O) groups is 1. The van der Waals surface area contributed by atoms with Crippen LogP contribution in [0.2, 0.25) is 0 Å². The van der Waals surface area contributed by atoms with E-state index in [9.17, 15) is 4.79 Å². The van der Waals surface area contributed by atoms with Crippen LogP contribution in [-0.4, -0.2) is 20.7 Å². The smallest absolute Gasteiger partial charge is 0.227 e. The number of aromatic nitrogens is 3. The molecule has 22 heavy (non-hydrogen) atoms. The number of nitrogens with one attached hydrogen (secondary N) is 1. The maximum absolute atomic E-state index is 12.3. The molecular formula is C17H20N4O. The van der Waals surface area contributed by atoms with Crippen LogP contribution in [0.4, 0.5) is 5.69 Å². The maximum Gasteiger partial charge on any atom is 0.227 e. The lowest BCUT2D eigenvalue weighted by atomic mass is 10.0. The molecule has 0 radical (unpaired) electrons. The standard InChI is InChI=1S/C17H20N4O/c22-17(15-10-14(15)12-4-1-2-5-12)20-13-6-7-16(18-11-13)21-9-3-8-19-21/h3,6-9,11-12,14-15H,1-2,4-5,10H2,(H,20,22). The fourth-order valence-corrected chi connectivity index (χ4v) is 3.66. The Labute approximate surface area is 129 Å². The van der Waals surface area contributed by atoms with Crippen LogP contribution in [0.3, 0.4) is 0 Å². The van der Waals surface area contributed by atoms with Crippen LogP contribution in [0.25, 0.3) is 5.82 Å². The van der Waals surface area contributed by atoms with Crippen molar-refractivity contribution in [3.05, 3.63) is 36.8 Å². The van der Waals surface area contributed by atoms with Crippen LogP contribution >= 0.6 is 0 Å². The summed E-state index contributed by atoms with van der Waals surface area (Å²) in [5, 5.41) is 7.13. The molecule has 0 saturated heterocycles. The molecule has 0 aliphatic heterocycles. The fourth-order valence-electron chi connectivity index (χ4n) is 3.66. The minimum atomic E-state index is 0.158. The van der Waals surface area contributed by atoms with Crippen molar-refractivity contribution >= 4 is 11.6 Å². The van der Waals surface area contributed by atoms with Gasteiger partial charge in [-0.2, -0.15) is 5.10 Å². The van der Waals surface area contributed by atoms with Crippen molar-refractivity contribution in [3.8, 4) is 5.82 Å². The third-order valence-corrected chi connectivity index (χ3v) is 4.94. The van der Waals surface area contributed by atoms with Gasteiger partial charge in [-0.05, 0) is 36.5 Å². The van der Waals surface area contributed by atoms with E-state index in [1.165, 1.54) is 25.7 Å². The van der Waals surface area contributed by atoms with Crippen LogP contribution in [0, 0.1) is 17.8 Å². The van der Waals surface area contributed by atoms with Crippen molar-refractivity contribution in [1.29, 1.82) is 0 Å². The summed E-state index contributed by atoms with van der Waals surface area (Å²) in [7, 11) is 0. The summed E-state index contributed by atoms with van der Waals surface area (Å²) in [4.78, 5) is 16.6. The molecule has 0 bridgehead atoms. The molecular weight excluding hydrogens is 276 g/mol. The van der Waals surface area contributed by atoms with Crippen LogP contribution < -0.4 is 5.32 Å². The molecule has 2 unspecified atom stereocenters. The van der Waals surface area contributed by atoms with Gasteiger partial charge in [-0.3, -0.25) is 4.79 Å². The lowest BCUT2D eigenvalue weighted by Gasteiger charge is -2.09. The van der Waals surface area contributed by atoms with Gasteiger partial charge in [0.15, 0.2) is 5.82 Å². The number of rotatable bonds is 4. The molecule has 0 aromatic carbocycles. The van der Waals surface area contributed by atoms with E-state index in [2.05, 4.69) is 15.4 Å². The summed E-state index contributed by atoms with van der Waals surface area (Å²) < 4.78 is 1.70. The Hall–Kier alpha value is -2.17. The third kappa shape index (κ3) is 2.63. The van der Waals surface area contributed by atoms with Gasteiger partial charge in [-0.1, -0.05) is 25.7 Å². The van der Waals surface area contributed by atoms with Crippen molar-refractivity contribution in [2.24, 2.45) is 17.8 Å². The maximum atomic E-state index is 12.3. The lowest BCUT2D eigenvalue weighted by molar-refractivity contribution is -0.117. The SMILES string of the molecule is O=C(Nc1ccc(-n2cccn2)nc1)C1CC1C1CCCC1. The molecule has 4 rings (SSSR count). The highest BCUT2D eigenvalue weighted by Crippen LogP contribution is 2.50. The summed E-state index contributed by atoms with van der Waals surface area (Å²) in [5.41, 5.74) is 0.762. The molecule has 2 atom stereocenters. The van der Waals surface area contributed by atoms with Gasteiger partial charge in [-0.15, -0.1) is 0 Å². The number of amides is 1. The van der Waals surface area contributed by atoms with Crippen molar-refractivity contribution in [2.75, 3.05) is 5.32 Å². The first kappa shape index (κ1) is 13.5. The van der Waals surface area contributed by atoms with Crippen LogP contribution in [0.1, 0.15) is 32.1 Å². The van der Waals surface area contributed by atoms with E-state index in [-0.39, 0.29) is 11.8 Å². The number of carbonyl (C=O) groups excluding carboxylic acids is 1. The Balaban J connectivity index is 1.36. The van der Waals surface area contributed by atoms with E-state index in [1.807, 2.05) is 24.4 Å². The van der Waals surface area contributed by atoms with Crippen molar-refractivity contribution in [3.63, 3.8) is 0 Å². The zero-order valence-electron chi connectivity index (χ0n) is 12.5. The molecule has 1 amide bonds. The summed E-state index contributed by atoms with van der Waals surface area (Å²) >= 11 is 0. The monoisotopic (exact) mass is 296 g/mol. The highest BCUT2D eigenvalue weighted by molar-refractivity contribution is 5.94. The van der Waals surface area contributed by atoms with Gasteiger partial charge in [0.25, 0.3) is 0 Å². The van der Waals surface area contributed by atoms with Crippen molar-refractivity contribution in [2.45, 2.75) is 32.1 Å². The second-order valence-electron chi connectivity index (χ2n) is 6.40. The topological polar surface area (TPSA) is 59.8 Å². The summed E-state index contributed by atoms with van der Waals surface area (Å²) in [6, 6.07) is 5.60. The summed E-state index contributed by atoms with van der Waals surface area (Å²) in [5.74, 6) is 2.53. The average Bonchev–Trinajstić information content (AvgIpc) is 2.97. The lowest BCUT2D eigenvalue weighted by Crippen LogP contribution is -2.16. The van der Waals surface area contributed by atoms with Crippen molar-refractivity contribution in [1.82, 2.24) is 14.8 Å². The molecule has 2 aromatic heterocycles. The normalized spacial score (nSPS) is 24.4. The van der Waals surface area contributed by atoms with E-state index < -0.39 is 0 Å². The van der Waals surface area contributed by atoms with Crippen LogP contribution in [-0.2, 0) is 4.79 Å². The van der Waals surface area contributed by atoms with Crippen LogP contribution in [0.15, 0.2) is 36.8 Å². The zero-order chi connectivity index (χ0) is 14.9. The Kier molecular flexibility index (Phi) is 3.41. The molecule has 0 spiro atoms. The van der Waals surface area contributed by atoms with E-state index in [4.69, 9.17) is 0 Å². The first-order chi connectivity index (χ1) is 10.8. The van der Waals surface area contributed by atoms with Gasteiger partial charge in [0.2, 0.25) is 5.91 Å². The minimum absolute atomic E-state index is 0.158. The number of anilines is 1. The number of hydrogen-bond acceptors (Lipinski definition) is 3. The molecule has 1 N–H and O–H groups in total. The molecule has 2 saturated carbocycles. The Morgan fingerprint density at radius 2 is 2.14 bits per heavy atom.